The highest BCUT2D eigenvalue weighted by molar-refractivity contribution is 5.99. The summed E-state index contributed by atoms with van der Waals surface area (Å²) in [4.78, 5) is 14.3. The van der Waals surface area contributed by atoms with E-state index in [2.05, 4.69) is 11.0 Å². The summed E-state index contributed by atoms with van der Waals surface area (Å²) in [5.41, 5.74) is 3.61. The number of carbonyl (C=O) groups excluding carboxylic acids is 1. The van der Waals surface area contributed by atoms with E-state index in [4.69, 9.17) is 0 Å². The second kappa shape index (κ2) is 3.93. The van der Waals surface area contributed by atoms with Crippen LogP contribution in [0.3, 0.4) is 0 Å². The van der Waals surface area contributed by atoms with Crippen LogP contribution in [0.1, 0.15) is 41.6 Å². The number of Topliss-reactive ketones (excluding diaryl/α,β-unsaturated/α-hetero) is 1. The Morgan fingerprint density at radius 3 is 2.62 bits per heavy atom. The molecule has 1 aliphatic carbocycles. The van der Waals surface area contributed by atoms with E-state index in [1.54, 1.807) is 0 Å². The summed E-state index contributed by atoms with van der Waals surface area (Å²) in [7, 11) is 0. The van der Waals surface area contributed by atoms with Gasteiger partial charge in [-0.05, 0) is 37.3 Å². The molecule has 0 bridgehead atoms. The Morgan fingerprint density at radius 1 is 1.00 bits per heavy atom. The number of benzene rings is 1. The Kier molecular flexibility index (Phi) is 2.43. The average molecular weight is 215 g/mol. The molecule has 0 radical (unpaired) electrons. The van der Waals surface area contributed by atoms with Gasteiger partial charge in [0.15, 0.2) is 5.78 Å². The number of rotatable bonds is 1. The molecule has 1 fully saturated rings. The number of hydrogen-bond acceptors (Lipinski definition) is 2. The Morgan fingerprint density at radius 2 is 1.81 bits per heavy atom. The molecular formula is C14H17NO. The van der Waals surface area contributed by atoms with Gasteiger partial charge in [-0.2, -0.15) is 0 Å². The topological polar surface area (TPSA) is 20.3 Å². The molecule has 1 aromatic carbocycles. The van der Waals surface area contributed by atoms with Crippen molar-refractivity contribution < 1.29 is 4.79 Å². The molecule has 2 heteroatoms. The van der Waals surface area contributed by atoms with Gasteiger partial charge in [0.25, 0.3) is 0 Å². The van der Waals surface area contributed by atoms with Crippen LogP contribution >= 0.6 is 0 Å². The van der Waals surface area contributed by atoms with Crippen molar-refractivity contribution in [3.05, 3.63) is 29.3 Å². The second-order valence-corrected chi connectivity index (χ2v) is 4.77. The molecule has 3 rings (SSSR count). The van der Waals surface area contributed by atoms with Crippen molar-refractivity contribution in [2.45, 2.75) is 32.1 Å². The summed E-state index contributed by atoms with van der Waals surface area (Å²) in [5, 5.41) is 0. The van der Waals surface area contributed by atoms with Crippen molar-refractivity contribution >= 4 is 11.5 Å². The molecule has 84 valence electrons. The van der Waals surface area contributed by atoms with Crippen LogP contribution in [-0.4, -0.2) is 18.9 Å². The zero-order valence-corrected chi connectivity index (χ0v) is 9.54. The van der Waals surface area contributed by atoms with Gasteiger partial charge in [0.05, 0.1) is 0 Å². The predicted octanol–water partition coefficient (Wildman–Crippen LogP) is 2.81. The summed E-state index contributed by atoms with van der Waals surface area (Å²) < 4.78 is 0. The van der Waals surface area contributed by atoms with Crippen LogP contribution in [0.2, 0.25) is 0 Å². The lowest BCUT2D eigenvalue weighted by atomic mass is 9.89. The molecule has 0 saturated carbocycles. The summed E-state index contributed by atoms with van der Waals surface area (Å²) in [5.74, 6) is 0.335. The lowest BCUT2D eigenvalue weighted by Gasteiger charge is -2.25. The summed E-state index contributed by atoms with van der Waals surface area (Å²) >= 11 is 0. The van der Waals surface area contributed by atoms with Gasteiger partial charge < -0.3 is 4.90 Å². The van der Waals surface area contributed by atoms with E-state index < -0.39 is 0 Å². The molecule has 1 saturated heterocycles. The van der Waals surface area contributed by atoms with Crippen LogP contribution in [0.4, 0.5) is 5.69 Å². The predicted molar refractivity (Wildman–Crippen MR) is 65.2 cm³/mol. The zero-order chi connectivity index (χ0) is 11.0. The summed E-state index contributed by atoms with van der Waals surface area (Å²) in [6.07, 6.45) is 5.41. The minimum absolute atomic E-state index is 0.335. The van der Waals surface area contributed by atoms with E-state index in [-0.39, 0.29) is 0 Å². The molecule has 2 aliphatic rings. The summed E-state index contributed by atoms with van der Waals surface area (Å²) in [6, 6.07) is 6.22. The molecule has 16 heavy (non-hydrogen) atoms. The van der Waals surface area contributed by atoms with E-state index in [9.17, 15) is 4.79 Å². The Labute approximate surface area is 96.3 Å². The SMILES string of the molecule is O=C1CCCc2c1cccc2N1CCCC1. The Hall–Kier alpha value is -1.31. The van der Waals surface area contributed by atoms with Gasteiger partial charge >= 0.3 is 0 Å². The monoisotopic (exact) mass is 215 g/mol. The van der Waals surface area contributed by atoms with Gasteiger partial charge in [-0.25, -0.2) is 0 Å². The molecule has 0 amide bonds. The van der Waals surface area contributed by atoms with Crippen molar-refractivity contribution in [3.63, 3.8) is 0 Å². The van der Waals surface area contributed by atoms with Gasteiger partial charge in [-0.1, -0.05) is 12.1 Å². The van der Waals surface area contributed by atoms with Crippen molar-refractivity contribution in [2.75, 3.05) is 18.0 Å². The molecule has 1 aliphatic heterocycles. The summed E-state index contributed by atoms with van der Waals surface area (Å²) in [6.45, 7) is 2.31. The molecule has 0 unspecified atom stereocenters. The standard InChI is InChI=1S/C14H17NO/c16-14-8-4-5-11-12(14)6-3-7-13(11)15-9-1-2-10-15/h3,6-7H,1-2,4-5,8-10H2. The first-order valence-electron chi connectivity index (χ1n) is 6.26. The molecular weight excluding hydrogens is 198 g/mol. The fraction of sp³-hybridized carbons (Fsp3) is 0.500. The average Bonchev–Trinajstić information content (AvgIpc) is 2.82. The number of carbonyl (C=O) groups is 1. The number of hydrogen-bond donors (Lipinski definition) is 0. The van der Waals surface area contributed by atoms with Crippen LogP contribution in [0.15, 0.2) is 18.2 Å². The number of anilines is 1. The molecule has 1 aromatic rings. The van der Waals surface area contributed by atoms with Crippen molar-refractivity contribution in [3.8, 4) is 0 Å². The fourth-order valence-electron chi connectivity index (χ4n) is 2.91. The zero-order valence-electron chi connectivity index (χ0n) is 9.54. The van der Waals surface area contributed by atoms with Crippen molar-refractivity contribution in [2.24, 2.45) is 0 Å². The first-order chi connectivity index (χ1) is 7.86. The molecule has 0 spiro atoms. The Bertz CT molecular complexity index is 419. The van der Waals surface area contributed by atoms with Crippen molar-refractivity contribution in [1.82, 2.24) is 0 Å². The molecule has 0 aromatic heterocycles. The lowest BCUT2D eigenvalue weighted by Crippen LogP contribution is -2.22. The van der Waals surface area contributed by atoms with E-state index in [0.717, 1.165) is 37.9 Å². The smallest absolute Gasteiger partial charge is 0.163 e. The van der Waals surface area contributed by atoms with Crippen molar-refractivity contribution in [1.29, 1.82) is 0 Å². The van der Waals surface area contributed by atoms with Crippen LogP contribution in [0, 0.1) is 0 Å². The number of nitrogens with zero attached hydrogens (tertiary/aromatic N) is 1. The minimum Gasteiger partial charge on any atom is -0.371 e. The second-order valence-electron chi connectivity index (χ2n) is 4.77. The molecule has 2 nitrogen and oxygen atoms in total. The highest BCUT2D eigenvalue weighted by atomic mass is 16.1. The van der Waals surface area contributed by atoms with E-state index in [0.29, 0.717) is 5.78 Å². The highest BCUT2D eigenvalue weighted by Gasteiger charge is 2.23. The fourth-order valence-corrected chi connectivity index (χ4v) is 2.91. The molecule has 1 heterocycles. The van der Waals surface area contributed by atoms with E-state index in [1.807, 2.05) is 12.1 Å². The van der Waals surface area contributed by atoms with Gasteiger partial charge in [0.2, 0.25) is 0 Å². The lowest BCUT2D eigenvalue weighted by molar-refractivity contribution is 0.0972. The maximum absolute atomic E-state index is 11.8. The van der Waals surface area contributed by atoms with Gasteiger partial charge in [-0.15, -0.1) is 0 Å². The van der Waals surface area contributed by atoms with Crippen LogP contribution in [0.5, 0.6) is 0 Å². The third-order valence-corrected chi connectivity index (χ3v) is 3.73. The van der Waals surface area contributed by atoms with Crippen LogP contribution in [-0.2, 0) is 6.42 Å². The number of fused-ring (bicyclic) bond motifs is 1. The Balaban J connectivity index is 2.05. The van der Waals surface area contributed by atoms with Crippen LogP contribution < -0.4 is 4.90 Å². The first kappa shape index (κ1) is 9.88. The quantitative estimate of drug-likeness (QED) is 0.718. The number of ketones is 1. The minimum atomic E-state index is 0.335. The third kappa shape index (κ3) is 1.53. The van der Waals surface area contributed by atoms with Gasteiger partial charge in [0.1, 0.15) is 0 Å². The third-order valence-electron chi connectivity index (χ3n) is 3.73. The maximum Gasteiger partial charge on any atom is 0.163 e. The first-order valence-corrected chi connectivity index (χ1v) is 6.26. The largest absolute Gasteiger partial charge is 0.371 e. The molecule has 0 N–H and O–H groups in total. The normalized spacial score (nSPS) is 20.0. The van der Waals surface area contributed by atoms with Crippen LogP contribution in [0.25, 0.3) is 0 Å². The van der Waals surface area contributed by atoms with E-state index in [1.165, 1.54) is 24.1 Å². The maximum atomic E-state index is 11.8. The molecule has 0 atom stereocenters. The van der Waals surface area contributed by atoms with Gasteiger partial charge in [0, 0.05) is 30.8 Å². The van der Waals surface area contributed by atoms with E-state index >= 15 is 0 Å². The van der Waals surface area contributed by atoms with Gasteiger partial charge in [-0.3, -0.25) is 4.79 Å². The highest BCUT2D eigenvalue weighted by Crippen LogP contribution is 2.32.